The smallest absolute Gasteiger partial charge is 0.251 e. The maximum atomic E-state index is 11.9. The highest BCUT2D eigenvalue weighted by Gasteiger charge is 2.08. The van der Waals surface area contributed by atoms with Gasteiger partial charge in [-0.3, -0.25) is 9.89 Å². The summed E-state index contributed by atoms with van der Waals surface area (Å²) in [5.74, 6) is 0.407. The summed E-state index contributed by atoms with van der Waals surface area (Å²) in [5, 5.41) is 9.28. The number of aromatic amines is 1. The summed E-state index contributed by atoms with van der Waals surface area (Å²) in [5.41, 5.74) is 7.69. The number of nitrogen functional groups attached to an aromatic ring is 1. The van der Waals surface area contributed by atoms with E-state index in [1.54, 1.807) is 30.6 Å². The van der Waals surface area contributed by atoms with Crippen LogP contribution in [0.3, 0.4) is 0 Å². The topological polar surface area (TPSA) is 93.0 Å². The number of carbonyl (C=O) groups excluding carboxylic acids is 1. The summed E-state index contributed by atoms with van der Waals surface area (Å²) < 4.78 is 5.32. The molecule has 1 aromatic heterocycles. The third kappa shape index (κ3) is 3.25. The molecule has 0 spiro atoms. The quantitative estimate of drug-likeness (QED) is 0.707. The summed E-state index contributed by atoms with van der Waals surface area (Å²) in [6.45, 7) is 2.84. The van der Waals surface area contributed by atoms with Gasteiger partial charge in [0.25, 0.3) is 5.91 Å². The molecule has 0 aliphatic heterocycles. The Bertz CT molecular complexity index is 552. The van der Waals surface area contributed by atoms with Crippen LogP contribution in [0.1, 0.15) is 22.8 Å². The van der Waals surface area contributed by atoms with Crippen LogP contribution in [0.25, 0.3) is 0 Å². The molecule has 0 aliphatic carbocycles. The summed E-state index contributed by atoms with van der Waals surface area (Å²) >= 11 is 0. The van der Waals surface area contributed by atoms with Crippen molar-refractivity contribution >= 4 is 11.6 Å². The van der Waals surface area contributed by atoms with Gasteiger partial charge in [-0.05, 0) is 25.1 Å². The Morgan fingerprint density at radius 2 is 2.37 bits per heavy atom. The lowest BCUT2D eigenvalue weighted by atomic mass is 10.1. The molecule has 1 amide bonds. The second-order valence-electron chi connectivity index (χ2n) is 3.97. The molecule has 1 aromatic carbocycles. The molecule has 0 saturated heterocycles. The fourth-order valence-corrected chi connectivity index (χ4v) is 1.64. The summed E-state index contributed by atoms with van der Waals surface area (Å²) in [6.07, 6.45) is 3.39. The van der Waals surface area contributed by atoms with E-state index in [9.17, 15) is 4.79 Å². The standard InChI is InChI=1S/C13H16N4O2/c1-2-19-12-4-3-10(5-11(12)14)13(18)15-6-9-7-16-17-8-9/h3-5,7-8H,2,6,14H2,1H3,(H,15,18)(H,16,17). The molecule has 4 N–H and O–H groups in total. The number of carbonyl (C=O) groups is 1. The van der Waals surface area contributed by atoms with Crippen molar-refractivity contribution in [3.63, 3.8) is 0 Å². The van der Waals surface area contributed by atoms with Gasteiger partial charge in [0.2, 0.25) is 0 Å². The van der Waals surface area contributed by atoms with Gasteiger partial charge in [0.1, 0.15) is 5.75 Å². The first-order valence-corrected chi connectivity index (χ1v) is 5.99. The normalized spacial score (nSPS) is 10.2. The monoisotopic (exact) mass is 260 g/mol. The molecule has 2 rings (SSSR count). The highest BCUT2D eigenvalue weighted by atomic mass is 16.5. The van der Waals surface area contributed by atoms with Crippen LogP contribution >= 0.6 is 0 Å². The molecule has 0 aliphatic rings. The van der Waals surface area contributed by atoms with E-state index >= 15 is 0 Å². The number of nitrogens with zero attached hydrogens (tertiary/aromatic N) is 1. The van der Waals surface area contributed by atoms with E-state index < -0.39 is 0 Å². The first-order chi connectivity index (χ1) is 9.20. The zero-order valence-corrected chi connectivity index (χ0v) is 10.6. The lowest BCUT2D eigenvalue weighted by Crippen LogP contribution is -2.22. The van der Waals surface area contributed by atoms with E-state index in [1.807, 2.05) is 6.92 Å². The average molecular weight is 260 g/mol. The second-order valence-corrected chi connectivity index (χ2v) is 3.97. The number of aromatic nitrogens is 2. The molecule has 0 bridgehead atoms. The fraction of sp³-hybridized carbons (Fsp3) is 0.231. The molecular weight excluding hydrogens is 244 g/mol. The Kier molecular flexibility index (Phi) is 4.02. The maximum absolute atomic E-state index is 11.9. The Morgan fingerprint density at radius 3 is 3.00 bits per heavy atom. The molecule has 19 heavy (non-hydrogen) atoms. The maximum Gasteiger partial charge on any atom is 0.251 e. The second kappa shape index (κ2) is 5.90. The van der Waals surface area contributed by atoms with Crippen LogP contribution in [0.4, 0.5) is 5.69 Å². The molecule has 2 aromatic rings. The molecule has 0 atom stereocenters. The number of nitrogens with two attached hydrogens (primary N) is 1. The highest BCUT2D eigenvalue weighted by Crippen LogP contribution is 2.22. The molecular formula is C13H16N4O2. The first-order valence-electron chi connectivity index (χ1n) is 5.99. The minimum atomic E-state index is -0.184. The number of anilines is 1. The zero-order chi connectivity index (χ0) is 13.7. The Balaban J connectivity index is 2.01. The first kappa shape index (κ1) is 12.9. The van der Waals surface area contributed by atoms with Crippen molar-refractivity contribution in [3.05, 3.63) is 41.7 Å². The van der Waals surface area contributed by atoms with Crippen LogP contribution < -0.4 is 15.8 Å². The van der Waals surface area contributed by atoms with Gasteiger partial charge in [-0.25, -0.2) is 0 Å². The number of amides is 1. The van der Waals surface area contributed by atoms with Crippen molar-refractivity contribution in [1.82, 2.24) is 15.5 Å². The number of H-pyrrole nitrogens is 1. The van der Waals surface area contributed by atoms with Crippen molar-refractivity contribution in [2.45, 2.75) is 13.5 Å². The van der Waals surface area contributed by atoms with Crippen LogP contribution in [0.15, 0.2) is 30.6 Å². The summed E-state index contributed by atoms with van der Waals surface area (Å²) in [4.78, 5) is 11.9. The van der Waals surface area contributed by atoms with Gasteiger partial charge < -0.3 is 15.8 Å². The molecule has 0 unspecified atom stereocenters. The van der Waals surface area contributed by atoms with E-state index in [0.717, 1.165) is 5.56 Å². The molecule has 6 nitrogen and oxygen atoms in total. The molecule has 100 valence electrons. The lowest BCUT2D eigenvalue weighted by Gasteiger charge is -2.09. The van der Waals surface area contributed by atoms with Gasteiger partial charge in [0, 0.05) is 23.9 Å². The van der Waals surface area contributed by atoms with Crippen LogP contribution in [0.2, 0.25) is 0 Å². The molecule has 1 heterocycles. The van der Waals surface area contributed by atoms with Gasteiger partial charge in [0.15, 0.2) is 0 Å². The Labute approximate surface area is 111 Å². The van der Waals surface area contributed by atoms with Gasteiger partial charge in [-0.2, -0.15) is 5.10 Å². The third-order valence-electron chi connectivity index (χ3n) is 2.58. The number of rotatable bonds is 5. The van der Waals surface area contributed by atoms with Gasteiger partial charge in [-0.1, -0.05) is 0 Å². The fourth-order valence-electron chi connectivity index (χ4n) is 1.64. The Morgan fingerprint density at radius 1 is 1.53 bits per heavy atom. The van der Waals surface area contributed by atoms with Crippen molar-refractivity contribution < 1.29 is 9.53 Å². The molecule has 0 saturated carbocycles. The molecule has 0 radical (unpaired) electrons. The largest absolute Gasteiger partial charge is 0.492 e. The van der Waals surface area contributed by atoms with Crippen LogP contribution in [0.5, 0.6) is 5.75 Å². The van der Waals surface area contributed by atoms with Gasteiger partial charge in [0.05, 0.1) is 18.5 Å². The molecule has 0 fully saturated rings. The lowest BCUT2D eigenvalue weighted by molar-refractivity contribution is 0.0951. The predicted octanol–water partition coefficient (Wildman–Crippen LogP) is 1.32. The number of hydrogen-bond donors (Lipinski definition) is 3. The van der Waals surface area contributed by atoms with Crippen LogP contribution in [0, 0.1) is 0 Å². The minimum Gasteiger partial charge on any atom is -0.492 e. The van der Waals surface area contributed by atoms with Crippen molar-refractivity contribution in [3.8, 4) is 5.75 Å². The van der Waals surface area contributed by atoms with E-state index in [0.29, 0.717) is 30.2 Å². The van der Waals surface area contributed by atoms with Crippen LogP contribution in [-0.2, 0) is 6.54 Å². The highest BCUT2D eigenvalue weighted by molar-refractivity contribution is 5.95. The van der Waals surface area contributed by atoms with Crippen molar-refractivity contribution in [2.75, 3.05) is 12.3 Å². The summed E-state index contributed by atoms with van der Waals surface area (Å²) in [7, 11) is 0. The zero-order valence-electron chi connectivity index (χ0n) is 10.6. The SMILES string of the molecule is CCOc1ccc(C(=O)NCc2cn[nH]c2)cc1N. The molecule has 6 heteroatoms. The van der Waals surface area contributed by atoms with E-state index in [2.05, 4.69) is 15.5 Å². The van der Waals surface area contributed by atoms with Crippen molar-refractivity contribution in [2.24, 2.45) is 0 Å². The van der Waals surface area contributed by atoms with Crippen LogP contribution in [-0.4, -0.2) is 22.7 Å². The number of ether oxygens (including phenoxy) is 1. The third-order valence-corrected chi connectivity index (χ3v) is 2.58. The minimum absolute atomic E-state index is 0.184. The number of benzene rings is 1. The Hall–Kier alpha value is -2.50. The number of hydrogen-bond acceptors (Lipinski definition) is 4. The van der Waals surface area contributed by atoms with Crippen molar-refractivity contribution in [1.29, 1.82) is 0 Å². The van der Waals surface area contributed by atoms with Gasteiger partial charge >= 0.3 is 0 Å². The summed E-state index contributed by atoms with van der Waals surface area (Å²) in [6, 6.07) is 4.99. The van der Waals surface area contributed by atoms with E-state index in [1.165, 1.54) is 0 Å². The van der Waals surface area contributed by atoms with Gasteiger partial charge in [-0.15, -0.1) is 0 Å². The number of nitrogens with one attached hydrogen (secondary N) is 2. The van der Waals surface area contributed by atoms with E-state index in [4.69, 9.17) is 10.5 Å². The predicted molar refractivity (Wildman–Crippen MR) is 71.8 cm³/mol. The average Bonchev–Trinajstić information content (AvgIpc) is 2.91. The van der Waals surface area contributed by atoms with E-state index in [-0.39, 0.29) is 5.91 Å².